The largest absolute Gasteiger partial charge is 0.506 e. The number of rotatable bonds is 3. The molecule has 0 spiro atoms. The van der Waals surface area contributed by atoms with E-state index < -0.39 is 41.0 Å². The number of aliphatic hydroxyl groups is 1. The maximum absolute atomic E-state index is 14.5. The van der Waals surface area contributed by atoms with E-state index in [0.717, 1.165) is 0 Å². The molecule has 10 heteroatoms. The summed E-state index contributed by atoms with van der Waals surface area (Å²) in [5.74, 6) is -0.904. The summed E-state index contributed by atoms with van der Waals surface area (Å²) in [5.41, 5.74) is -3.96. The summed E-state index contributed by atoms with van der Waals surface area (Å²) in [6, 6.07) is 13.7. The van der Waals surface area contributed by atoms with Crippen molar-refractivity contribution in [3.8, 4) is 11.4 Å². The highest BCUT2D eigenvalue weighted by Gasteiger charge is 2.64. The highest BCUT2D eigenvalue weighted by molar-refractivity contribution is 6.32. The average Bonchev–Trinajstić information content (AvgIpc) is 2.82. The van der Waals surface area contributed by atoms with Gasteiger partial charge in [-0.3, -0.25) is 9.36 Å². The number of benzene rings is 3. The zero-order valence-corrected chi connectivity index (χ0v) is 21.0. The summed E-state index contributed by atoms with van der Waals surface area (Å²) >= 11 is 6.11. The van der Waals surface area contributed by atoms with Crippen LogP contribution in [0.25, 0.3) is 16.6 Å². The lowest BCUT2D eigenvalue weighted by molar-refractivity contribution is -0.275. The molecule has 0 bridgehead atoms. The number of aromatic hydroxyl groups is 1. The van der Waals surface area contributed by atoms with Gasteiger partial charge >= 0.3 is 6.18 Å². The molecule has 0 amide bonds. The summed E-state index contributed by atoms with van der Waals surface area (Å²) in [4.78, 5) is 12.8. The first-order valence-corrected chi connectivity index (χ1v) is 12.1. The standard InChI is InChI=1S/C28H23ClF4N2O3/c1-26(2)14-27(38,28(31,32)33)25(18-9-11-19(29)24(37)23(18)26)34-20-7-4-8-21-17(20)10-12-22(36)35(21)16-6-3-5-15(30)13-16/h3-13,25,34,37-38H,14H2,1-2H3. The normalized spacial score (nSPS) is 20.8. The fraction of sp³-hybridized carbons (Fsp3) is 0.250. The van der Waals surface area contributed by atoms with E-state index in [1.54, 1.807) is 18.2 Å². The van der Waals surface area contributed by atoms with Gasteiger partial charge in [0, 0.05) is 22.7 Å². The SMILES string of the molecule is CC1(C)CC(O)(C(F)(F)F)C(Nc2cccc3c2ccc(=O)n3-c2cccc(F)c2)c2ccc(Cl)c(O)c21. The Morgan fingerprint density at radius 2 is 1.76 bits per heavy atom. The Labute approximate surface area is 219 Å². The number of hydrogen-bond acceptors (Lipinski definition) is 4. The van der Waals surface area contributed by atoms with E-state index in [9.17, 15) is 32.6 Å². The molecule has 3 N–H and O–H groups in total. The molecule has 1 heterocycles. The van der Waals surface area contributed by atoms with Crippen LogP contribution in [0.3, 0.4) is 0 Å². The zero-order valence-electron chi connectivity index (χ0n) is 20.3. The lowest BCUT2D eigenvalue weighted by Crippen LogP contribution is -2.58. The molecule has 38 heavy (non-hydrogen) atoms. The van der Waals surface area contributed by atoms with E-state index in [0.29, 0.717) is 10.9 Å². The summed E-state index contributed by atoms with van der Waals surface area (Å²) < 4.78 is 58.8. The fourth-order valence-corrected chi connectivity index (χ4v) is 5.71. The summed E-state index contributed by atoms with van der Waals surface area (Å²) in [5, 5.41) is 25.2. The van der Waals surface area contributed by atoms with Crippen molar-refractivity contribution in [2.45, 2.75) is 43.5 Å². The van der Waals surface area contributed by atoms with Crippen molar-refractivity contribution < 1.29 is 27.8 Å². The summed E-state index contributed by atoms with van der Waals surface area (Å²) in [6.45, 7) is 3.01. The maximum atomic E-state index is 14.5. The smallest absolute Gasteiger partial charge is 0.419 e. The third-order valence-electron chi connectivity index (χ3n) is 7.13. The van der Waals surface area contributed by atoms with Crippen LogP contribution < -0.4 is 10.9 Å². The van der Waals surface area contributed by atoms with Crippen LogP contribution in [0.4, 0.5) is 23.2 Å². The van der Waals surface area contributed by atoms with Crippen molar-refractivity contribution in [1.82, 2.24) is 4.57 Å². The number of anilines is 1. The molecule has 198 valence electrons. The van der Waals surface area contributed by atoms with Crippen molar-refractivity contribution in [2.24, 2.45) is 0 Å². The first-order valence-electron chi connectivity index (χ1n) is 11.7. The molecule has 0 saturated heterocycles. The number of hydrogen-bond donors (Lipinski definition) is 3. The monoisotopic (exact) mass is 546 g/mol. The van der Waals surface area contributed by atoms with Crippen LogP contribution in [-0.2, 0) is 5.41 Å². The van der Waals surface area contributed by atoms with E-state index >= 15 is 0 Å². The van der Waals surface area contributed by atoms with Crippen molar-refractivity contribution in [2.75, 3.05) is 5.32 Å². The number of fused-ring (bicyclic) bond motifs is 2. The molecule has 4 aromatic rings. The second-order valence-corrected chi connectivity index (χ2v) is 10.6. The maximum Gasteiger partial charge on any atom is 0.419 e. The van der Waals surface area contributed by atoms with Gasteiger partial charge in [-0.05, 0) is 59.9 Å². The molecular weight excluding hydrogens is 524 g/mol. The molecule has 3 aromatic carbocycles. The van der Waals surface area contributed by atoms with Gasteiger partial charge in [0.25, 0.3) is 5.56 Å². The van der Waals surface area contributed by atoms with Crippen molar-refractivity contribution in [1.29, 1.82) is 0 Å². The Hall–Kier alpha value is -3.56. The Balaban J connectivity index is 1.74. The van der Waals surface area contributed by atoms with E-state index in [1.807, 2.05) is 0 Å². The first-order chi connectivity index (χ1) is 17.7. The molecule has 0 fully saturated rings. The van der Waals surface area contributed by atoms with E-state index in [2.05, 4.69) is 5.32 Å². The third-order valence-corrected chi connectivity index (χ3v) is 7.44. The van der Waals surface area contributed by atoms with E-state index in [1.165, 1.54) is 66.9 Å². The van der Waals surface area contributed by atoms with Crippen LogP contribution in [0.1, 0.15) is 37.4 Å². The van der Waals surface area contributed by atoms with Crippen molar-refractivity contribution in [3.05, 3.63) is 99.1 Å². The minimum Gasteiger partial charge on any atom is -0.506 e. The molecule has 0 aliphatic heterocycles. The Morgan fingerprint density at radius 3 is 2.45 bits per heavy atom. The Kier molecular flexibility index (Phi) is 6.00. The lowest BCUT2D eigenvalue weighted by atomic mass is 9.63. The highest BCUT2D eigenvalue weighted by atomic mass is 35.5. The summed E-state index contributed by atoms with van der Waals surface area (Å²) in [6.07, 6.45) is -5.79. The minimum atomic E-state index is -5.04. The average molecular weight is 547 g/mol. The fourth-order valence-electron chi connectivity index (χ4n) is 5.55. The zero-order chi connectivity index (χ0) is 27.6. The van der Waals surface area contributed by atoms with Gasteiger partial charge in [0.2, 0.25) is 0 Å². The van der Waals surface area contributed by atoms with Crippen molar-refractivity contribution in [3.63, 3.8) is 0 Å². The van der Waals surface area contributed by atoms with Gasteiger partial charge in [-0.15, -0.1) is 0 Å². The number of pyridine rings is 1. The second-order valence-electron chi connectivity index (χ2n) is 10.1. The Morgan fingerprint density at radius 1 is 1.05 bits per heavy atom. The number of aromatic nitrogens is 1. The molecule has 0 saturated carbocycles. The molecule has 2 atom stereocenters. The van der Waals surface area contributed by atoms with Gasteiger partial charge in [0.05, 0.1) is 22.3 Å². The van der Waals surface area contributed by atoms with Gasteiger partial charge in [0.1, 0.15) is 11.6 Å². The number of nitrogens with zero attached hydrogens (tertiary/aromatic N) is 1. The number of halogens is 5. The quantitative estimate of drug-likeness (QED) is 0.253. The molecule has 1 aliphatic rings. The topological polar surface area (TPSA) is 74.5 Å². The summed E-state index contributed by atoms with van der Waals surface area (Å²) in [7, 11) is 0. The van der Waals surface area contributed by atoms with Crippen LogP contribution in [0, 0.1) is 5.82 Å². The third kappa shape index (κ3) is 4.01. The lowest BCUT2D eigenvalue weighted by Gasteiger charge is -2.49. The minimum absolute atomic E-state index is 0.0164. The van der Waals surface area contributed by atoms with Gasteiger partial charge < -0.3 is 15.5 Å². The van der Waals surface area contributed by atoms with Crippen LogP contribution in [-0.4, -0.2) is 26.6 Å². The Bertz CT molecular complexity index is 1630. The van der Waals surface area contributed by atoms with E-state index in [-0.39, 0.29) is 33.3 Å². The van der Waals surface area contributed by atoms with Crippen LogP contribution in [0.15, 0.2) is 71.5 Å². The van der Waals surface area contributed by atoms with Gasteiger partial charge in [-0.2, -0.15) is 13.2 Å². The van der Waals surface area contributed by atoms with Crippen molar-refractivity contribution >= 4 is 28.2 Å². The first kappa shape index (κ1) is 26.1. The molecule has 1 aliphatic carbocycles. The molecule has 2 unspecified atom stereocenters. The van der Waals surface area contributed by atoms with Gasteiger partial charge in [0.15, 0.2) is 5.60 Å². The molecule has 0 radical (unpaired) electrons. The van der Waals surface area contributed by atoms with Gasteiger partial charge in [-0.25, -0.2) is 4.39 Å². The van der Waals surface area contributed by atoms with E-state index in [4.69, 9.17) is 11.6 Å². The molecule has 5 nitrogen and oxygen atoms in total. The number of alkyl halides is 3. The van der Waals surface area contributed by atoms with Crippen LogP contribution >= 0.6 is 11.6 Å². The number of phenols is 1. The predicted molar refractivity (Wildman–Crippen MR) is 138 cm³/mol. The molecule has 1 aromatic heterocycles. The molecular formula is C28H23ClF4N2O3. The highest BCUT2D eigenvalue weighted by Crippen LogP contribution is 2.57. The van der Waals surface area contributed by atoms with Gasteiger partial charge in [-0.1, -0.05) is 43.6 Å². The van der Waals surface area contributed by atoms with Crippen LogP contribution in [0.2, 0.25) is 5.02 Å². The number of nitrogens with one attached hydrogen (secondary N) is 1. The van der Waals surface area contributed by atoms with Crippen LogP contribution in [0.5, 0.6) is 5.75 Å². The second kappa shape index (κ2) is 8.74. The number of phenolic OH excluding ortho intramolecular Hbond substituents is 1. The molecule has 5 rings (SSSR count). The predicted octanol–water partition coefficient (Wildman–Crippen LogP) is 6.62.